The molecule has 0 fully saturated rings. The number of ketones is 1. The Hall–Kier alpha value is -3.36. The van der Waals surface area contributed by atoms with Crippen LogP contribution in [0.1, 0.15) is 35.7 Å². The molecule has 3 rings (SSSR count). The third-order valence-corrected chi connectivity index (χ3v) is 4.70. The van der Waals surface area contributed by atoms with Crippen LogP contribution in [-0.2, 0) is 15.8 Å². The summed E-state index contributed by atoms with van der Waals surface area (Å²) in [6.45, 7) is 1.64. The van der Waals surface area contributed by atoms with Crippen molar-refractivity contribution in [2.45, 2.75) is 32.0 Å². The van der Waals surface area contributed by atoms with Crippen LogP contribution in [0.5, 0.6) is 5.75 Å². The maximum atomic E-state index is 12.6. The van der Waals surface area contributed by atoms with Crippen LogP contribution in [0.3, 0.4) is 0 Å². The first-order chi connectivity index (χ1) is 14.1. The molecule has 1 aliphatic rings. The molecule has 30 heavy (non-hydrogen) atoms. The summed E-state index contributed by atoms with van der Waals surface area (Å²) in [7, 11) is 1.59. The fraction of sp³-hybridized carbons (Fsp3) is 0.286. The lowest BCUT2D eigenvalue weighted by molar-refractivity contribution is -0.137. The zero-order chi connectivity index (χ0) is 22.1. The van der Waals surface area contributed by atoms with E-state index < -0.39 is 23.8 Å². The molecule has 0 radical (unpaired) electrons. The first kappa shape index (κ1) is 21.4. The highest BCUT2D eigenvalue weighted by Gasteiger charge is 2.30. The van der Waals surface area contributed by atoms with E-state index in [4.69, 9.17) is 4.74 Å². The van der Waals surface area contributed by atoms with Crippen LogP contribution in [0.15, 0.2) is 42.5 Å². The first-order valence-electron chi connectivity index (χ1n) is 9.15. The summed E-state index contributed by atoms with van der Waals surface area (Å²) in [5.74, 6) is -0.547. The van der Waals surface area contributed by atoms with E-state index in [0.29, 0.717) is 17.0 Å². The molecule has 2 aromatic rings. The molecule has 1 aliphatic heterocycles. The summed E-state index contributed by atoms with van der Waals surface area (Å²) < 4.78 is 43.2. The van der Waals surface area contributed by atoms with Crippen molar-refractivity contribution in [1.29, 1.82) is 0 Å². The first-order valence-corrected chi connectivity index (χ1v) is 9.15. The summed E-state index contributed by atoms with van der Waals surface area (Å²) in [5.41, 5.74) is 0.192. The Labute approximate surface area is 170 Å². The van der Waals surface area contributed by atoms with E-state index >= 15 is 0 Å². The van der Waals surface area contributed by atoms with Gasteiger partial charge in [0.15, 0.2) is 11.9 Å². The Morgan fingerprint density at radius 1 is 1.10 bits per heavy atom. The number of carbonyl (C=O) groups excluding carboxylic acids is 3. The van der Waals surface area contributed by atoms with Crippen molar-refractivity contribution >= 4 is 29.0 Å². The predicted molar refractivity (Wildman–Crippen MR) is 104 cm³/mol. The number of rotatable bonds is 5. The molecular weight excluding hydrogens is 401 g/mol. The Morgan fingerprint density at radius 2 is 1.77 bits per heavy atom. The van der Waals surface area contributed by atoms with Crippen LogP contribution < -0.4 is 15.0 Å². The van der Waals surface area contributed by atoms with Gasteiger partial charge in [0, 0.05) is 31.1 Å². The van der Waals surface area contributed by atoms with E-state index in [9.17, 15) is 27.6 Å². The molecule has 0 saturated heterocycles. The zero-order valence-electron chi connectivity index (χ0n) is 16.2. The lowest BCUT2D eigenvalue weighted by Crippen LogP contribution is -2.42. The highest BCUT2D eigenvalue weighted by atomic mass is 19.4. The van der Waals surface area contributed by atoms with Crippen molar-refractivity contribution < 1.29 is 32.3 Å². The molecule has 1 N–H and O–H groups in total. The molecule has 0 aromatic heterocycles. The molecule has 1 unspecified atom stereocenters. The number of Topliss-reactive ketones (excluding diaryl/α,β-unsaturated/α-hetero) is 1. The minimum atomic E-state index is -4.45. The molecule has 1 heterocycles. The largest absolute Gasteiger partial charge is 0.479 e. The summed E-state index contributed by atoms with van der Waals surface area (Å²) in [6.07, 6.45) is -5.30. The molecule has 1 atom stereocenters. The average molecular weight is 420 g/mol. The fourth-order valence-corrected chi connectivity index (χ4v) is 3.02. The molecule has 2 aromatic carbocycles. The number of amides is 2. The second-order valence-corrected chi connectivity index (χ2v) is 6.89. The van der Waals surface area contributed by atoms with Gasteiger partial charge in [-0.25, -0.2) is 0 Å². The number of hydrogen-bond acceptors (Lipinski definition) is 4. The number of anilines is 2. The van der Waals surface area contributed by atoms with Crippen LogP contribution in [0, 0.1) is 0 Å². The number of fused-ring (bicyclic) bond motifs is 1. The number of ether oxygens (including phenoxy) is 1. The van der Waals surface area contributed by atoms with Crippen molar-refractivity contribution in [1.82, 2.24) is 0 Å². The maximum absolute atomic E-state index is 12.6. The number of carbonyl (C=O) groups is 3. The van der Waals surface area contributed by atoms with E-state index in [1.165, 1.54) is 11.0 Å². The van der Waals surface area contributed by atoms with Gasteiger partial charge in [0.25, 0.3) is 5.91 Å². The summed E-state index contributed by atoms with van der Waals surface area (Å²) in [5, 5.41) is 2.46. The molecule has 0 aliphatic carbocycles. The lowest BCUT2D eigenvalue weighted by Gasteiger charge is -2.30. The molecule has 2 amide bonds. The number of hydrogen-bond donors (Lipinski definition) is 1. The number of nitrogens with one attached hydrogen (secondary N) is 1. The average Bonchev–Trinajstić information content (AvgIpc) is 2.70. The van der Waals surface area contributed by atoms with Gasteiger partial charge < -0.3 is 15.0 Å². The van der Waals surface area contributed by atoms with Gasteiger partial charge in [-0.15, -0.1) is 0 Å². The smallest absolute Gasteiger partial charge is 0.416 e. The van der Waals surface area contributed by atoms with Gasteiger partial charge >= 0.3 is 6.18 Å². The van der Waals surface area contributed by atoms with Gasteiger partial charge in [-0.3, -0.25) is 14.4 Å². The normalized spacial score (nSPS) is 16.0. The Kier molecular flexibility index (Phi) is 5.82. The Morgan fingerprint density at radius 3 is 2.40 bits per heavy atom. The number of benzene rings is 2. The Bertz CT molecular complexity index is 987. The molecule has 0 saturated carbocycles. The molecule has 158 valence electrons. The second-order valence-electron chi connectivity index (χ2n) is 6.89. The second kappa shape index (κ2) is 8.17. The summed E-state index contributed by atoms with van der Waals surface area (Å²) >= 11 is 0. The number of alkyl halides is 3. The topological polar surface area (TPSA) is 75.7 Å². The van der Waals surface area contributed by atoms with Gasteiger partial charge in [-0.2, -0.15) is 13.2 Å². The van der Waals surface area contributed by atoms with Gasteiger partial charge in [-0.1, -0.05) is 0 Å². The summed E-state index contributed by atoms with van der Waals surface area (Å²) in [4.78, 5) is 37.9. The lowest BCUT2D eigenvalue weighted by atomic mass is 10.0. The number of halogens is 3. The number of likely N-dealkylation sites (N-methyl/N-ethyl adjacent to an activating group) is 1. The van der Waals surface area contributed by atoms with Crippen LogP contribution in [0.4, 0.5) is 24.5 Å². The van der Waals surface area contributed by atoms with Crippen LogP contribution in [0.2, 0.25) is 0 Å². The van der Waals surface area contributed by atoms with Gasteiger partial charge in [0.2, 0.25) is 5.91 Å². The molecule has 0 bridgehead atoms. The van der Waals surface area contributed by atoms with Crippen molar-refractivity contribution in [3.8, 4) is 5.75 Å². The third kappa shape index (κ3) is 4.61. The minimum absolute atomic E-state index is 0.0970. The Balaban J connectivity index is 1.59. The SMILES string of the molecule is CC1Oc2ccc(C(=O)CCC(=O)Nc3ccc(C(F)(F)F)cc3)cc2N(C)C1=O. The van der Waals surface area contributed by atoms with Gasteiger partial charge in [-0.05, 0) is 49.4 Å². The van der Waals surface area contributed by atoms with E-state index in [2.05, 4.69) is 5.32 Å². The minimum Gasteiger partial charge on any atom is -0.479 e. The third-order valence-electron chi connectivity index (χ3n) is 4.70. The number of nitrogens with zero attached hydrogens (tertiary/aromatic N) is 1. The monoisotopic (exact) mass is 420 g/mol. The van der Waals surface area contributed by atoms with Crippen molar-refractivity contribution in [3.63, 3.8) is 0 Å². The van der Waals surface area contributed by atoms with Gasteiger partial charge in [0.1, 0.15) is 5.75 Å². The van der Waals surface area contributed by atoms with Crippen molar-refractivity contribution in [3.05, 3.63) is 53.6 Å². The fourth-order valence-electron chi connectivity index (χ4n) is 3.02. The molecular formula is C21H19F3N2O4. The quantitative estimate of drug-likeness (QED) is 0.741. The standard InChI is InChI=1S/C21H19F3N2O4/c1-12-20(29)26(2)16-11-13(3-9-18(16)30-12)17(27)8-10-19(28)25-15-6-4-14(5-7-15)21(22,23)24/h3-7,9,11-12H,8,10H2,1-2H3,(H,25,28). The van der Waals surface area contributed by atoms with Crippen LogP contribution in [-0.4, -0.2) is 30.7 Å². The zero-order valence-corrected chi connectivity index (χ0v) is 16.2. The highest BCUT2D eigenvalue weighted by molar-refractivity contribution is 6.04. The van der Waals surface area contributed by atoms with Gasteiger partial charge in [0.05, 0.1) is 11.3 Å². The molecule has 0 spiro atoms. The maximum Gasteiger partial charge on any atom is 0.416 e. The predicted octanol–water partition coefficient (Wildman–Crippen LogP) is 4.05. The van der Waals surface area contributed by atoms with E-state index in [-0.39, 0.29) is 30.2 Å². The van der Waals surface area contributed by atoms with E-state index in [0.717, 1.165) is 24.3 Å². The van der Waals surface area contributed by atoms with E-state index in [1.807, 2.05) is 0 Å². The molecule has 6 nitrogen and oxygen atoms in total. The van der Waals surface area contributed by atoms with Crippen LogP contribution >= 0.6 is 0 Å². The summed E-state index contributed by atoms with van der Waals surface area (Å²) in [6, 6.07) is 8.74. The van der Waals surface area contributed by atoms with Crippen molar-refractivity contribution in [2.24, 2.45) is 0 Å². The van der Waals surface area contributed by atoms with E-state index in [1.54, 1.807) is 26.1 Å². The molecule has 9 heteroatoms. The highest BCUT2D eigenvalue weighted by Crippen LogP contribution is 2.34. The van der Waals surface area contributed by atoms with Crippen LogP contribution in [0.25, 0.3) is 0 Å². The van der Waals surface area contributed by atoms with Crippen molar-refractivity contribution in [2.75, 3.05) is 17.3 Å².